The number of amides is 1. The number of hydrogen-bond donors (Lipinski definition) is 0. The standard InChI is InChI=1S/C18H18FNO/c1-2-11-20(14-15-7-4-3-5-8-15)18(21)13-16-9-6-10-17(19)12-16/h2-10,12H,1,11,13-14H2. The van der Waals surface area contributed by atoms with Gasteiger partial charge >= 0.3 is 0 Å². The topological polar surface area (TPSA) is 20.3 Å². The molecule has 0 saturated heterocycles. The zero-order valence-corrected chi connectivity index (χ0v) is 11.8. The molecule has 0 heterocycles. The van der Waals surface area contributed by atoms with Crippen molar-refractivity contribution in [3.63, 3.8) is 0 Å². The first kappa shape index (κ1) is 15.0. The summed E-state index contributed by atoms with van der Waals surface area (Å²) in [5.41, 5.74) is 1.74. The van der Waals surface area contributed by atoms with Gasteiger partial charge in [-0.1, -0.05) is 48.5 Å². The Balaban J connectivity index is 2.06. The van der Waals surface area contributed by atoms with Crippen molar-refractivity contribution in [3.8, 4) is 0 Å². The highest BCUT2D eigenvalue weighted by Gasteiger charge is 2.13. The smallest absolute Gasteiger partial charge is 0.227 e. The number of hydrogen-bond acceptors (Lipinski definition) is 1. The first-order valence-corrected chi connectivity index (χ1v) is 6.86. The summed E-state index contributed by atoms with van der Waals surface area (Å²) in [5.74, 6) is -0.358. The maximum atomic E-state index is 13.2. The summed E-state index contributed by atoms with van der Waals surface area (Å²) in [6.07, 6.45) is 1.89. The van der Waals surface area contributed by atoms with E-state index in [-0.39, 0.29) is 18.1 Å². The summed E-state index contributed by atoms with van der Waals surface area (Å²) in [6, 6.07) is 15.9. The van der Waals surface area contributed by atoms with E-state index in [1.165, 1.54) is 12.1 Å². The van der Waals surface area contributed by atoms with Gasteiger partial charge in [-0.15, -0.1) is 6.58 Å². The molecule has 0 bridgehead atoms. The lowest BCUT2D eigenvalue weighted by atomic mass is 10.1. The van der Waals surface area contributed by atoms with Crippen LogP contribution in [0.3, 0.4) is 0 Å². The molecule has 2 rings (SSSR count). The summed E-state index contributed by atoms with van der Waals surface area (Å²) < 4.78 is 13.2. The van der Waals surface area contributed by atoms with Gasteiger partial charge in [0.25, 0.3) is 0 Å². The Morgan fingerprint density at radius 3 is 2.48 bits per heavy atom. The van der Waals surface area contributed by atoms with E-state index in [9.17, 15) is 9.18 Å². The quantitative estimate of drug-likeness (QED) is 0.742. The molecule has 21 heavy (non-hydrogen) atoms. The zero-order chi connectivity index (χ0) is 15.1. The van der Waals surface area contributed by atoms with Crippen LogP contribution in [0.1, 0.15) is 11.1 Å². The normalized spacial score (nSPS) is 10.1. The lowest BCUT2D eigenvalue weighted by Crippen LogP contribution is -2.32. The second kappa shape index (κ2) is 7.39. The van der Waals surface area contributed by atoms with E-state index in [1.807, 2.05) is 30.3 Å². The molecule has 2 nitrogen and oxygen atoms in total. The summed E-state index contributed by atoms with van der Waals surface area (Å²) in [5, 5.41) is 0. The molecule has 0 aliphatic rings. The predicted octanol–water partition coefficient (Wildman–Crippen LogP) is 3.58. The van der Waals surface area contributed by atoms with Gasteiger partial charge in [0, 0.05) is 13.1 Å². The Bertz CT molecular complexity index is 610. The Hall–Kier alpha value is -2.42. The molecular formula is C18H18FNO. The van der Waals surface area contributed by atoms with E-state index in [4.69, 9.17) is 0 Å². The number of rotatable bonds is 6. The molecular weight excluding hydrogens is 265 g/mol. The van der Waals surface area contributed by atoms with Crippen molar-refractivity contribution in [2.24, 2.45) is 0 Å². The maximum absolute atomic E-state index is 13.2. The van der Waals surface area contributed by atoms with Gasteiger partial charge in [-0.25, -0.2) is 4.39 Å². The van der Waals surface area contributed by atoms with Crippen LogP contribution < -0.4 is 0 Å². The van der Waals surface area contributed by atoms with Gasteiger partial charge in [-0.2, -0.15) is 0 Å². The number of halogens is 1. The van der Waals surface area contributed by atoms with Crippen LogP contribution >= 0.6 is 0 Å². The van der Waals surface area contributed by atoms with Crippen LogP contribution in [0.5, 0.6) is 0 Å². The Morgan fingerprint density at radius 1 is 1.10 bits per heavy atom. The van der Waals surface area contributed by atoms with E-state index in [0.717, 1.165) is 5.56 Å². The molecule has 1 amide bonds. The molecule has 0 fully saturated rings. The molecule has 0 atom stereocenters. The Labute approximate surface area is 124 Å². The van der Waals surface area contributed by atoms with Crippen LogP contribution in [0.15, 0.2) is 67.3 Å². The van der Waals surface area contributed by atoms with Gasteiger partial charge in [-0.05, 0) is 23.3 Å². The van der Waals surface area contributed by atoms with Crippen LogP contribution in [0.25, 0.3) is 0 Å². The minimum absolute atomic E-state index is 0.0376. The lowest BCUT2D eigenvalue weighted by Gasteiger charge is -2.21. The molecule has 0 aliphatic carbocycles. The van der Waals surface area contributed by atoms with Crippen LogP contribution in [-0.4, -0.2) is 17.4 Å². The average molecular weight is 283 g/mol. The molecule has 0 aliphatic heterocycles. The lowest BCUT2D eigenvalue weighted by molar-refractivity contribution is -0.130. The Kier molecular flexibility index (Phi) is 5.27. The molecule has 0 saturated carbocycles. The third-order valence-electron chi connectivity index (χ3n) is 3.16. The van der Waals surface area contributed by atoms with Crippen molar-refractivity contribution in [1.82, 2.24) is 4.90 Å². The second-order valence-electron chi connectivity index (χ2n) is 4.86. The average Bonchev–Trinajstić information content (AvgIpc) is 2.48. The van der Waals surface area contributed by atoms with Crippen LogP contribution in [0.2, 0.25) is 0 Å². The van der Waals surface area contributed by atoms with E-state index < -0.39 is 0 Å². The van der Waals surface area contributed by atoms with Crippen molar-refractivity contribution >= 4 is 5.91 Å². The van der Waals surface area contributed by atoms with Crippen LogP contribution in [-0.2, 0) is 17.8 Å². The van der Waals surface area contributed by atoms with Crippen molar-refractivity contribution in [1.29, 1.82) is 0 Å². The molecule has 2 aromatic rings. The molecule has 0 aromatic heterocycles. The van der Waals surface area contributed by atoms with Gasteiger partial charge in [0.05, 0.1) is 6.42 Å². The summed E-state index contributed by atoms with van der Waals surface area (Å²) >= 11 is 0. The van der Waals surface area contributed by atoms with E-state index in [1.54, 1.807) is 23.1 Å². The summed E-state index contributed by atoms with van der Waals surface area (Å²) in [4.78, 5) is 14.1. The monoisotopic (exact) mass is 283 g/mol. The molecule has 2 aromatic carbocycles. The SMILES string of the molecule is C=CCN(Cc1ccccc1)C(=O)Cc1cccc(F)c1. The number of carbonyl (C=O) groups is 1. The molecule has 108 valence electrons. The van der Waals surface area contributed by atoms with E-state index >= 15 is 0 Å². The first-order valence-electron chi connectivity index (χ1n) is 6.86. The van der Waals surface area contributed by atoms with Gasteiger partial charge < -0.3 is 4.90 Å². The van der Waals surface area contributed by atoms with E-state index in [0.29, 0.717) is 18.7 Å². The summed E-state index contributed by atoms with van der Waals surface area (Å²) in [6.45, 7) is 4.70. The highest BCUT2D eigenvalue weighted by molar-refractivity contribution is 5.79. The molecule has 0 unspecified atom stereocenters. The zero-order valence-electron chi connectivity index (χ0n) is 11.8. The van der Waals surface area contributed by atoms with Crippen LogP contribution in [0, 0.1) is 5.82 Å². The largest absolute Gasteiger partial charge is 0.334 e. The van der Waals surface area contributed by atoms with Crippen molar-refractivity contribution < 1.29 is 9.18 Å². The fourth-order valence-corrected chi connectivity index (χ4v) is 2.15. The molecule has 3 heteroatoms. The van der Waals surface area contributed by atoms with Crippen molar-refractivity contribution in [2.45, 2.75) is 13.0 Å². The van der Waals surface area contributed by atoms with Crippen LogP contribution in [0.4, 0.5) is 4.39 Å². The number of carbonyl (C=O) groups excluding carboxylic acids is 1. The Morgan fingerprint density at radius 2 is 1.81 bits per heavy atom. The highest BCUT2D eigenvalue weighted by Crippen LogP contribution is 2.09. The highest BCUT2D eigenvalue weighted by atomic mass is 19.1. The third kappa shape index (κ3) is 4.56. The predicted molar refractivity (Wildman–Crippen MR) is 82.2 cm³/mol. The minimum Gasteiger partial charge on any atom is -0.334 e. The number of benzene rings is 2. The van der Waals surface area contributed by atoms with Crippen molar-refractivity contribution in [2.75, 3.05) is 6.54 Å². The first-order chi connectivity index (χ1) is 10.2. The minimum atomic E-state index is -0.321. The van der Waals surface area contributed by atoms with E-state index in [2.05, 4.69) is 6.58 Å². The van der Waals surface area contributed by atoms with Gasteiger partial charge in [-0.3, -0.25) is 4.79 Å². The van der Waals surface area contributed by atoms with Crippen molar-refractivity contribution in [3.05, 3.63) is 84.2 Å². The number of nitrogens with zero attached hydrogens (tertiary/aromatic N) is 1. The molecule has 0 spiro atoms. The fraction of sp³-hybridized carbons (Fsp3) is 0.167. The van der Waals surface area contributed by atoms with Gasteiger partial charge in [0.2, 0.25) is 5.91 Å². The van der Waals surface area contributed by atoms with Gasteiger partial charge in [0.15, 0.2) is 0 Å². The third-order valence-corrected chi connectivity index (χ3v) is 3.16. The molecule has 0 radical (unpaired) electrons. The van der Waals surface area contributed by atoms with Gasteiger partial charge in [0.1, 0.15) is 5.82 Å². The summed E-state index contributed by atoms with van der Waals surface area (Å²) in [7, 11) is 0. The molecule has 0 N–H and O–H groups in total. The fourth-order valence-electron chi connectivity index (χ4n) is 2.15. The second-order valence-corrected chi connectivity index (χ2v) is 4.86. The maximum Gasteiger partial charge on any atom is 0.227 e.